The van der Waals surface area contributed by atoms with Crippen molar-refractivity contribution in [2.75, 3.05) is 19.8 Å². The zero-order valence-electron chi connectivity index (χ0n) is 9.82. The molecule has 0 aliphatic rings. The molecule has 0 fully saturated rings. The largest absolute Gasteiger partial charge is 0.411 e. The van der Waals surface area contributed by atoms with Crippen LogP contribution in [0.4, 0.5) is 13.2 Å². The summed E-state index contributed by atoms with van der Waals surface area (Å²) in [5, 5.41) is 9.86. The predicted octanol–water partition coefficient (Wildman–Crippen LogP) is 1.70. The van der Waals surface area contributed by atoms with E-state index in [1.165, 1.54) is 0 Å². The van der Waals surface area contributed by atoms with Crippen LogP contribution in [0.3, 0.4) is 0 Å². The molecule has 1 aromatic rings. The molecule has 2 N–H and O–H groups in total. The Hall–Kier alpha value is -1.08. The third-order valence-corrected chi connectivity index (χ3v) is 2.27. The van der Waals surface area contributed by atoms with Crippen molar-refractivity contribution in [1.29, 1.82) is 0 Å². The second-order valence-electron chi connectivity index (χ2n) is 3.76. The third-order valence-electron chi connectivity index (χ3n) is 2.27. The number of alkyl halides is 3. The van der Waals surface area contributed by atoms with Gasteiger partial charge in [0.05, 0.1) is 12.3 Å². The summed E-state index contributed by atoms with van der Waals surface area (Å²) in [6.07, 6.45) is -4.25. The van der Waals surface area contributed by atoms with Gasteiger partial charge in [0.1, 0.15) is 6.61 Å². The SMILES string of the molecule is Cc1n[nH]c(C)c1CNCCOCC(F)(F)F. The maximum Gasteiger partial charge on any atom is 0.411 e. The van der Waals surface area contributed by atoms with Crippen molar-refractivity contribution >= 4 is 0 Å². The molecule has 0 unspecified atom stereocenters. The van der Waals surface area contributed by atoms with Gasteiger partial charge in [-0.2, -0.15) is 18.3 Å². The van der Waals surface area contributed by atoms with Gasteiger partial charge in [-0.1, -0.05) is 0 Å². The second kappa shape index (κ2) is 6.02. The zero-order valence-corrected chi connectivity index (χ0v) is 9.82. The summed E-state index contributed by atoms with van der Waals surface area (Å²) in [6.45, 7) is 3.56. The summed E-state index contributed by atoms with van der Waals surface area (Å²) in [4.78, 5) is 0. The Morgan fingerprint density at radius 1 is 1.35 bits per heavy atom. The van der Waals surface area contributed by atoms with Gasteiger partial charge in [0.15, 0.2) is 0 Å². The van der Waals surface area contributed by atoms with Crippen LogP contribution in [-0.2, 0) is 11.3 Å². The number of aryl methyl sites for hydroxylation is 2. The lowest BCUT2D eigenvalue weighted by Gasteiger charge is -2.08. The van der Waals surface area contributed by atoms with E-state index in [0.29, 0.717) is 13.1 Å². The maximum absolute atomic E-state index is 11.7. The molecule has 98 valence electrons. The lowest BCUT2D eigenvalue weighted by Crippen LogP contribution is -2.23. The van der Waals surface area contributed by atoms with E-state index >= 15 is 0 Å². The van der Waals surface area contributed by atoms with Crippen molar-refractivity contribution < 1.29 is 17.9 Å². The average Bonchev–Trinajstić information content (AvgIpc) is 2.52. The summed E-state index contributed by atoms with van der Waals surface area (Å²) >= 11 is 0. The standard InChI is InChI=1S/C10H16F3N3O/c1-7-9(8(2)16-15-7)5-14-3-4-17-6-10(11,12)13/h14H,3-6H2,1-2H3,(H,15,16). The van der Waals surface area contributed by atoms with Gasteiger partial charge in [-0.25, -0.2) is 0 Å². The number of hydrogen-bond acceptors (Lipinski definition) is 3. The minimum absolute atomic E-state index is 0.0372. The summed E-state index contributed by atoms with van der Waals surface area (Å²) in [5.74, 6) is 0. The molecule has 1 heterocycles. The highest BCUT2D eigenvalue weighted by Crippen LogP contribution is 2.14. The number of nitrogens with zero attached hydrogens (tertiary/aromatic N) is 1. The molecule has 1 aromatic heterocycles. The third kappa shape index (κ3) is 5.18. The van der Waals surface area contributed by atoms with Gasteiger partial charge in [-0.3, -0.25) is 5.10 Å². The van der Waals surface area contributed by atoms with Gasteiger partial charge in [-0.15, -0.1) is 0 Å². The average molecular weight is 251 g/mol. The quantitative estimate of drug-likeness (QED) is 0.756. The minimum atomic E-state index is -4.25. The summed E-state index contributed by atoms with van der Waals surface area (Å²) in [6, 6.07) is 0. The van der Waals surface area contributed by atoms with Gasteiger partial charge in [0.2, 0.25) is 0 Å². The lowest BCUT2D eigenvalue weighted by atomic mass is 10.2. The zero-order chi connectivity index (χ0) is 12.9. The first-order valence-electron chi connectivity index (χ1n) is 5.26. The Balaban J connectivity index is 2.13. The van der Waals surface area contributed by atoms with E-state index in [-0.39, 0.29) is 6.61 Å². The number of rotatable bonds is 6. The van der Waals surface area contributed by atoms with E-state index in [4.69, 9.17) is 0 Å². The first kappa shape index (κ1) is 14.0. The molecule has 0 aliphatic carbocycles. The van der Waals surface area contributed by atoms with Crippen molar-refractivity contribution in [3.05, 3.63) is 17.0 Å². The molecule has 0 spiro atoms. The van der Waals surface area contributed by atoms with E-state index in [9.17, 15) is 13.2 Å². The van der Waals surface area contributed by atoms with Crippen LogP contribution in [0.2, 0.25) is 0 Å². The van der Waals surface area contributed by atoms with Crippen LogP contribution >= 0.6 is 0 Å². The number of nitrogens with one attached hydrogen (secondary N) is 2. The van der Waals surface area contributed by atoms with Crippen molar-refractivity contribution in [3.8, 4) is 0 Å². The fourth-order valence-electron chi connectivity index (χ4n) is 1.38. The van der Waals surface area contributed by atoms with E-state index in [1.54, 1.807) is 0 Å². The Morgan fingerprint density at radius 2 is 2.06 bits per heavy atom. The normalized spacial score (nSPS) is 12.1. The molecule has 0 atom stereocenters. The Kier molecular flexibility index (Phi) is 4.95. The molecule has 0 saturated heterocycles. The van der Waals surface area contributed by atoms with Gasteiger partial charge in [0.25, 0.3) is 0 Å². The van der Waals surface area contributed by atoms with Crippen LogP contribution in [0.5, 0.6) is 0 Å². The van der Waals surface area contributed by atoms with Crippen LogP contribution in [0.15, 0.2) is 0 Å². The maximum atomic E-state index is 11.7. The van der Waals surface area contributed by atoms with Crippen molar-refractivity contribution in [1.82, 2.24) is 15.5 Å². The number of halogens is 3. The molecule has 0 amide bonds. The molecule has 0 bridgehead atoms. The van der Waals surface area contributed by atoms with E-state index in [1.807, 2.05) is 13.8 Å². The van der Waals surface area contributed by atoms with E-state index in [2.05, 4.69) is 20.3 Å². The molecule has 0 radical (unpaired) electrons. The van der Waals surface area contributed by atoms with Crippen LogP contribution in [0, 0.1) is 13.8 Å². The molecular formula is C10H16F3N3O. The highest BCUT2D eigenvalue weighted by Gasteiger charge is 2.27. The molecule has 1 rings (SSSR count). The molecule has 17 heavy (non-hydrogen) atoms. The molecule has 0 saturated carbocycles. The Labute approximate surface area is 97.5 Å². The Bertz CT molecular complexity index is 330. The first-order chi connectivity index (χ1) is 7.90. The number of hydrogen-bond donors (Lipinski definition) is 2. The van der Waals surface area contributed by atoms with Crippen LogP contribution in [0.25, 0.3) is 0 Å². The second-order valence-corrected chi connectivity index (χ2v) is 3.76. The molecular weight excluding hydrogens is 235 g/mol. The van der Waals surface area contributed by atoms with Crippen LogP contribution in [-0.4, -0.2) is 36.1 Å². The monoisotopic (exact) mass is 251 g/mol. The van der Waals surface area contributed by atoms with E-state index in [0.717, 1.165) is 17.0 Å². The van der Waals surface area contributed by atoms with Gasteiger partial charge in [0, 0.05) is 24.3 Å². The predicted molar refractivity (Wildman–Crippen MR) is 56.6 cm³/mol. The topological polar surface area (TPSA) is 49.9 Å². The highest BCUT2D eigenvalue weighted by molar-refractivity contribution is 5.22. The summed E-state index contributed by atoms with van der Waals surface area (Å²) in [5.41, 5.74) is 2.90. The Morgan fingerprint density at radius 3 is 2.59 bits per heavy atom. The molecule has 0 aliphatic heterocycles. The van der Waals surface area contributed by atoms with Crippen molar-refractivity contribution in [2.45, 2.75) is 26.6 Å². The number of ether oxygens (including phenoxy) is 1. The van der Waals surface area contributed by atoms with Gasteiger partial charge < -0.3 is 10.1 Å². The van der Waals surface area contributed by atoms with Crippen LogP contribution < -0.4 is 5.32 Å². The van der Waals surface area contributed by atoms with Crippen molar-refractivity contribution in [3.63, 3.8) is 0 Å². The van der Waals surface area contributed by atoms with Crippen LogP contribution in [0.1, 0.15) is 17.0 Å². The minimum Gasteiger partial charge on any atom is -0.371 e. The highest BCUT2D eigenvalue weighted by atomic mass is 19.4. The molecule has 7 heteroatoms. The fraction of sp³-hybridized carbons (Fsp3) is 0.700. The van der Waals surface area contributed by atoms with Gasteiger partial charge >= 0.3 is 6.18 Å². The number of aromatic nitrogens is 2. The van der Waals surface area contributed by atoms with Crippen molar-refractivity contribution in [2.24, 2.45) is 0 Å². The number of H-pyrrole nitrogens is 1. The smallest absolute Gasteiger partial charge is 0.371 e. The van der Waals surface area contributed by atoms with Gasteiger partial charge in [-0.05, 0) is 13.8 Å². The number of aromatic amines is 1. The first-order valence-corrected chi connectivity index (χ1v) is 5.26. The van der Waals surface area contributed by atoms with E-state index < -0.39 is 12.8 Å². The molecule has 4 nitrogen and oxygen atoms in total. The fourth-order valence-corrected chi connectivity index (χ4v) is 1.38. The summed E-state index contributed by atoms with van der Waals surface area (Å²) < 4.78 is 39.7. The molecule has 0 aromatic carbocycles. The lowest BCUT2D eigenvalue weighted by molar-refractivity contribution is -0.173. The summed E-state index contributed by atoms with van der Waals surface area (Å²) in [7, 11) is 0.